The van der Waals surface area contributed by atoms with Gasteiger partial charge in [-0.1, -0.05) is 24.6 Å². The Morgan fingerprint density at radius 1 is 1.43 bits per heavy atom. The van der Waals surface area contributed by atoms with Crippen LogP contribution in [0.15, 0.2) is 18.2 Å². The van der Waals surface area contributed by atoms with E-state index in [1.807, 2.05) is 19.1 Å². The molecule has 0 amide bonds. The molecule has 0 saturated heterocycles. The fourth-order valence-electron chi connectivity index (χ4n) is 1.92. The molecule has 0 unspecified atom stereocenters. The molecule has 0 radical (unpaired) electrons. The van der Waals surface area contributed by atoms with Gasteiger partial charge in [0, 0.05) is 24.7 Å². The fourth-order valence-corrected chi connectivity index (χ4v) is 3.10. The van der Waals surface area contributed by atoms with E-state index < -0.39 is 10.0 Å². The second kappa shape index (κ2) is 8.35. The summed E-state index contributed by atoms with van der Waals surface area (Å²) < 4.78 is 24.3. The molecular weight excluding hydrogens is 310 g/mol. The van der Waals surface area contributed by atoms with Gasteiger partial charge in [-0.2, -0.15) is 5.26 Å². The summed E-state index contributed by atoms with van der Waals surface area (Å²) in [7, 11) is -3.11. The first-order chi connectivity index (χ1) is 9.88. The summed E-state index contributed by atoms with van der Waals surface area (Å²) in [5.41, 5.74) is 1.46. The Balaban J connectivity index is 2.37. The van der Waals surface area contributed by atoms with Gasteiger partial charge in [0.15, 0.2) is 0 Å². The molecule has 0 aliphatic carbocycles. The molecule has 1 aromatic carbocycles. The van der Waals surface area contributed by atoms with Crippen molar-refractivity contribution in [3.63, 3.8) is 0 Å². The van der Waals surface area contributed by atoms with Gasteiger partial charge < -0.3 is 5.32 Å². The smallest absolute Gasteiger partial charge is 0.211 e. The fraction of sp³-hybridized carbons (Fsp3) is 0.500. The van der Waals surface area contributed by atoms with Crippen molar-refractivity contribution >= 4 is 21.6 Å². The van der Waals surface area contributed by atoms with Crippen LogP contribution in [0.25, 0.3) is 0 Å². The van der Waals surface area contributed by atoms with Crippen LogP contribution in [0.5, 0.6) is 0 Å². The molecule has 21 heavy (non-hydrogen) atoms. The maximum Gasteiger partial charge on any atom is 0.211 e. The minimum Gasteiger partial charge on any atom is -0.313 e. The lowest BCUT2D eigenvalue weighted by Gasteiger charge is -2.17. The number of halogens is 1. The second-order valence-electron chi connectivity index (χ2n) is 4.70. The number of rotatable bonds is 8. The van der Waals surface area contributed by atoms with Gasteiger partial charge in [-0.15, -0.1) is 0 Å². The van der Waals surface area contributed by atoms with E-state index in [0.717, 1.165) is 12.0 Å². The number of nitrogens with one attached hydrogen (secondary N) is 1. The topological polar surface area (TPSA) is 73.2 Å². The summed E-state index contributed by atoms with van der Waals surface area (Å²) in [6, 6.07) is 7.23. The van der Waals surface area contributed by atoms with Crippen molar-refractivity contribution in [2.24, 2.45) is 0 Å². The third-order valence-electron chi connectivity index (χ3n) is 3.08. The Hall–Kier alpha value is -1.13. The molecule has 116 valence electrons. The largest absolute Gasteiger partial charge is 0.313 e. The van der Waals surface area contributed by atoms with Crippen LogP contribution < -0.4 is 5.32 Å². The number of hydrogen-bond donors (Lipinski definition) is 1. The monoisotopic (exact) mass is 329 g/mol. The van der Waals surface area contributed by atoms with Gasteiger partial charge in [0.05, 0.1) is 17.9 Å². The van der Waals surface area contributed by atoms with E-state index >= 15 is 0 Å². The predicted octanol–water partition coefficient (Wildman–Crippen LogP) is 1.97. The average molecular weight is 330 g/mol. The average Bonchev–Trinajstić information content (AvgIpc) is 2.42. The van der Waals surface area contributed by atoms with Gasteiger partial charge in [0.2, 0.25) is 10.0 Å². The molecule has 0 atom stereocenters. The molecule has 0 aliphatic heterocycles. The first-order valence-corrected chi connectivity index (χ1v) is 8.95. The summed E-state index contributed by atoms with van der Waals surface area (Å²) in [5, 5.41) is 12.5. The lowest BCUT2D eigenvalue weighted by atomic mass is 10.1. The number of benzene rings is 1. The van der Waals surface area contributed by atoms with E-state index in [4.69, 9.17) is 16.9 Å². The molecule has 1 N–H and O–H groups in total. The van der Waals surface area contributed by atoms with Gasteiger partial charge in [0.1, 0.15) is 0 Å². The molecule has 1 rings (SSSR count). The van der Waals surface area contributed by atoms with Crippen molar-refractivity contribution in [2.75, 3.05) is 25.9 Å². The summed E-state index contributed by atoms with van der Waals surface area (Å²) in [6.07, 6.45) is 1.95. The van der Waals surface area contributed by atoms with Crippen LogP contribution >= 0.6 is 11.6 Å². The summed E-state index contributed by atoms with van der Waals surface area (Å²) in [5.74, 6) is 0. The van der Waals surface area contributed by atoms with Crippen LogP contribution in [0, 0.1) is 11.3 Å². The Morgan fingerprint density at radius 2 is 2.14 bits per heavy atom. The third kappa shape index (κ3) is 6.02. The zero-order valence-electron chi connectivity index (χ0n) is 12.3. The van der Waals surface area contributed by atoms with E-state index in [1.165, 1.54) is 10.6 Å². The molecular formula is C14H20ClN3O2S. The highest BCUT2D eigenvalue weighted by molar-refractivity contribution is 7.88. The second-order valence-corrected chi connectivity index (χ2v) is 7.09. The Labute approximate surface area is 131 Å². The number of nitrogens with zero attached hydrogens (tertiary/aromatic N) is 2. The Morgan fingerprint density at radius 3 is 2.67 bits per heavy atom. The van der Waals surface area contributed by atoms with Crippen LogP contribution in [0.1, 0.15) is 24.5 Å². The van der Waals surface area contributed by atoms with Crippen molar-refractivity contribution in [1.29, 1.82) is 5.26 Å². The van der Waals surface area contributed by atoms with E-state index in [0.29, 0.717) is 36.8 Å². The van der Waals surface area contributed by atoms with Crippen LogP contribution in [-0.4, -0.2) is 38.6 Å². The molecule has 1 aromatic rings. The molecule has 5 nitrogen and oxygen atoms in total. The lowest BCUT2D eigenvalue weighted by Crippen LogP contribution is -2.32. The molecule has 0 spiro atoms. The quantitative estimate of drug-likeness (QED) is 0.740. The maximum atomic E-state index is 11.4. The molecule has 0 aromatic heterocycles. The van der Waals surface area contributed by atoms with E-state index in [-0.39, 0.29) is 0 Å². The van der Waals surface area contributed by atoms with Crippen LogP contribution in [0.3, 0.4) is 0 Å². The summed E-state index contributed by atoms with van der Waals surface area (Å²) in [6.45, 7) is 4.10. The normalized spacial score (nSPS) is 11.6. The lowest BCUT2D eigenvalue weighted by molar-refractivity contribution is 0.419. The van der Waals surface area contributed by atoms with Crippen molar-refractivity contribution in [1.82, 2.24) is 9.62 Å². The molecule has 0 fully saturated rings. The SMILES string of the molecule is CCN(CCCNCc1ccc(C#N)cc1Cl)S(C)(=O)=O. The highest BCUT2D eigenvalue weighted by atomic mass is 35.5. The highest BCUT2D eigenvalue weighted by Crippen LogP contribution is 2.17. The van der Waals surface area contributed by atoms with Crippen molar-refractivity contribution in [3.05, 3.63) is 34.3 Å². The van der Waals surface area contributed by atoms with Crippen LogP contribution in [0.2, 0.25) is 5.02 Å². The molecule has 0 saturated carbocycles. The minimum absolute atomic E-state index is 0.486. The first-order valence-electron chi connectivity index (χ1n) is 6.73. The van der Waals surface area contributed by atoms with Gasteiger partial charge >= 0.3 is 0 Å². The number of hydrogen-bond acceptors (Lipinski definition) is 4. The standard InChI is InChI=1S/C14H20ClN3O2S/c1-3-18(21(2,19)20)8-4-7-17-11-13-6-5-12(10-16)9-14(13)15/h5-6,9,17H,3-4,7-8,11H2,1-2H3. The number of sulfonamides is 1. The zero-order chi connectivity index (χ0) is 15.9. The highest BCUT2D eigenvalue weighted by Gasteiger charge is 2.12. The Bertz CT molecular complexity index is 611. The van der Waals surface area contributed by atoms with Gasteiger partial charge in [-0.25, -0.2) is 12.7 Å². The van der Waals surface area contributed by atoms with Crippen LogP contribution in [0.4, 0.5) is 0 Å². The van der Waals surface area contributed by atoms with Crippen molar-refractivity contribution in [2.45, 2.75) is 19.9 Å². The maximum absolute atomic E-state index is 11.4. The van der Waals surface area contributed by atoms with E-state index in [1.54, 1.807) is 12.1 Å². The molecule has 0 bridgehead atoms. The van der Waals surface area contributed by atoms with E-state index in [9.17, 15) is 8.42 Å². The first kappa shape index (κ1) is 17.9. The van der Waals surface area contributed by atoms with Crippen molar-refractivity contribution in [3.8, 4) is 6.07 Å². The van der Waals surface area contributed by atoms with Gasteiger partial charge in [-0.3, -0.25) is 0 Å². The van der Waals surface area contributed by atoms with Crippen molar-refractivity contribution < 1.29 is 8.42 Å². The molecule has 0 aliphatic rings. The van der Waals surface area contributed by atoms with E-state index in [2.05, 4.69) is 5.32 Å². The molecule has 0 heterocycles. The summed E-state index contributed by atoms with van der Waals surface area (Å²) in [4.78, 5) is 0. The Kier molecular flexibility index (Phi) is 7.12. The molecule has 7 heteroatoms. The zero-order valence-corrected chi connectivity index (χ0v) is 13.8. The predicted molar refractivity (Wildman–Crippen MR) is 84.6 cm³/mol. The summed E-state index contributed by atoms with van der Waals surface area (Å²) >= 11 is 6.08. The van der Waals surface area contributed by atoms with Crippen LogP contribution in [-0.2, 0) is 16.6 Å². The number of nitriles is 1. The van der Waals surface area contributed by atoms with Gasteiger partial charge in [0.25, 0.3) is 0 Å². The minimum atomic E-state index is -3.11. The van der Waals surface area contributed by atoms with Gasteiger partial charge in [-0.05, 0) is 30.7 Å². The third-order valence-corrected chi connectivity index (χ3v) is 4.81.